The highest BCUT2D eigenvalue weighted by Gasteiger charge is 2.31. The molecule has 212 valence electrons. The Morgan fingerprint density at radius 3 is 2.24 bits per heavy atom. The van der Waals surface area contributed by atoms with Crippen LogP contribution in [0.1, 0.15) is 39.9 Å². The first-order valence-electron chi connectivity index (χ1n) is 12.8. The van der Waals surface area contributed by atoms with E-state index in [0.29, 0.717) is 41.0 Å². The van der Waals surface area contributed by atoms with E-state index in [4.69, 9.17) is 59.5 Å². The molecule has 0 saturated carbocycles. The van der Waals surface area contributed by atoms with Crippen LogP contribution in [0.25, 0.3) is 0 Å². The molecule has 4 aromatic rings. The maximum atomic E-state index is 12.9. The van der Waals surface area contributed by atoms with Crippen LogP contribution in [0.2, 0.25) is 15.1 Å². The molecule has 1 aliphatic rings. The number of halogens is 3. The van der Waals surface area contributed by atoms with Crippen LogP contribution in [0.5, 0.6) is 23.0 Å². The summed E-state index contributed by atoms with van der Waals surface area (Å²) in [5.74, 6) is 0.301. The number of esters is 1. The average Bonchev–Trinajstić information content (AvgIpc) is 2.98. The third-order valence-electron chi connectivity index (χ3n) is 6.46. The summed E-state index contributed by atoms with van der Waals surface area (Å²) in [6.45, 7) is 2.54. The second kappa shape index (κ2) is 12.7. The molecule has 0 aliphatic carbocycles. The number of ether oxygens (including phenoxy) is 4. The first-order chi connectivity index (χ1) is 20.3. The maximum Gasteiger partial charge on any atom is 0.343 e. The number of hydrogen-bond acceptors (Lipinski definition) is 7. The minimum atomic E-state index is -0.676. The van der Waals surface area contributed by atoms with Gasteiger partial charge in [-0.25, -0.2) is 4.79 Å². The van der Waals surface area contributed by atoms with Crippen molar-refractivity contribution in [3.05, 3.63) is 128 Å². The third kappa shape index (κ3) is 6.27. The minimum Gasteiger partial charge on any atom is -0.491 e. The molecule has 0 aromatic heterocycles. The Morgan fingerprint density at radius 1 is 0.929 bits per heavy atom. The zero-order valence-corrected chi connectivity index (χ0v) is 24.5. The molecule has 1 atom stereocenters. The van der Waals surface area contributed by atoms with Gasteiger partial charge in [-0.3, -0.25) is 0 Å². The Kier molecular flexibility index (Phi) is 8.79. The highest BCUT2D eigenvalue weighted by Crippen LogP contribution is 2.44. The van der Waals surface area contributed by atoms with E-state index < -0.39 is 11.9 Å². The summed E-state index contributed by atoms with van der Waals surface area (Å²) in [5.41, 5.74) is 9.03. The number of carbonyl (C=O) groups is 1. The van der Waals surface area contributed by atoms with Gasteiger partial charge in [-0.1, -0.05) is 65.1 Å². The van der Waals surface area contributed by atoms with Gasteiger partial charge in [0.1, 0.15) is 35.5 Å². The smallest absolute Gasteiger partial charge is 0.343 e. The summed E-state index contributed by atoms with van der Waals surface area (Å²) in [7, 11) is 0. The molecule has 5 rings (SSSR count). The quantitative estimate of drug-likeness (QED) is 0.157. The molecular formula is C32H23Cl3N2O5. The van der Waals surface area contributed by atoms with E-state index in [2.05, 4.69) is 6.07 Å². The Morgan fingerprint density at radius 2 is 1.60 bits per heavy atom. The lowest BCUT2D eigenvalue weighted by Crippen LogP contribution is -2.21. The van der Waals surface area contributed by atoms with Crippen molar-refractivity contribution in [1.29, 1.82) is 5.26 Å². The number of fused-ring (bicyclic) bond motifs is 1. The Bertz CT molecular complexity index is 1690. The summed E-state index contributed by atoms with van der Waals surface area (Å²) in [5, 5.41) is 10.9. The van der Waals surface area contributed by atoms with Gasteiger partial charge in [0.25, 0.3) is 0 Å². The lowest BCUT2D eigenvalue weighted by Gasteiger charge is -2.27. The monoisotopic (exact) mass is 620 g/mol. The molecule has 1 unspecified atom stereocenters. The summed E-state index contributed by atoms with van der Waals surface area (Å²) >= 11 is 18.4. The molecule has 1 aliphatic heterocycles. The van der Waals surface area contributed by atoms with Crippen molar-refractivity contribution in [2.45, 2.75) is 19.4 Å². The maximum absolute atomic E-state index is 12.9. The van der Waals surface area contributed by atoms with Crippen LogP contribution in [-0.4, -0.2) is 12.6 Å². The third-order valence-corrected chi connectivity index (χ3v) is 7.27. The van der Waals surface area contributed by atoms with Gasteiger partial charge in [0.2, 0.25) is 5.88 Å². The van der Waals surface area contributed by atoms with Crippen molar-refractivity contribution < 1.29 is 23.7 Å². The fraction of sp³-hybridized carbons (Fsp3) is 0.125. The highest BCUT2D eigenvalue weighted by atomic mass is 35.5. The number of carbonyl (C=O) groups excluding carboxylic acids is 1. The first kappa shape index (κ1) is 29.2. The second-order valence-electron chi connectivity index (χ2n) is 9.20. The van der Waals surface area contributed by atoms with Crippen molar-refractivity contribution in [2.75, 3.05) is 6.61 Å². The summed E-state index contributed by atoms with van der Waals surface area (Å²) in [6, 6.07) is 24.7. The SMILES string of the molecule is CCOc1c(Cl)cc(C(=O)Oc2ccc3c(c2)OC(N)=C(C#N)C3c2ccc(OCc3ccc(Cl)cc3)cc2)cc1Cl. The van der Waals surface area contributed by atoms with Crippen molar-refractivity contribution in [2.24, 2.45) is 5.73 Å². The fourth-order valence-electron chi connectivity index (χ4n) is 4.47. The Balaban J connectivity index is 1.36. The minimum absolute atomic E-state index is 0.0355. The molecule has 10 heteroatoms. The highest BCUT2D eigenvalue weighted by molar-refractivity contribution is 6.37. The van der Waals surface area contributed by atoms with Gasteiger partial charge in [0.15, 0.2) is 5.75 Å². The van der Waals surface area contributed by atoms with E-state index >= 15 is 0 Å². The molecule has 0 fully saturated rings. The zero-order chi connectivity index (χ0) is 29.8. The molecule has 0 bridgehead atoms. The van der Waals surface area contributed by atoms with Crippen molar-refractivity contribution in [3.63, 3.8) is 0 Å². The van der Waals surface area contributed by atoms with Gasteiger partial charge in [-0.05, 0) is 60.5 Å². The number of hydrogen-bond donors (Lipinski definition) is 1. The van der Waals surface area contributed by atoms with Crippen LogP contribution in [0, 0.1) is 11.3 Å². The van der Waals surface area contributed by atoms with Crippen molar-refractivity contribution in [1.82, 2.24) is 0 Å². The van der Waals surface area contributed by atoms with Crippen LogP contribution in [0.4, 0.5) is 0 Å². The van der Waals surface area contributed by atoms with Crippen LogP contribution < -0.4 is 24.7 Å². The predicted molar refractivity (Wildman–Crippen MR) is 161 cm³/mol. The van der Waals surface area contributed by atoms with E-state index in [0.717, 1.165) is 11.1 Å². The molecule has 0 amide bonds. The van der Waals surface area contributed by atoms with Crippen molar-refractivity contribution >= 4 is 40.8 Å². The molecule has 0 radical (unpaired) electrons. The molecule has 1 heterocycles. The lowest BCUT2D eigenvalue weighted by atomic mass is 9.83. The Labute approximate surface area is 257 Å². The summed E-state index contributed by atoms with van der Waals surface area (Å²) in [4.78, 5) is 12.9. The molecule has 2 N–H and O–H groups in total. The van der Waals surface area contributed by atoms with Gasteiger partial charge in [0, 0.05) is 16.7 Å². The molecular weight excluding hydrogens is 599 g/mol. The van der Waals surface area contributed by atoms with Crippen molar-refractivity contribution in [3.8, 4) is 29.1 Å². The fourth-order valence-corrected chi connectivity index (χ4v) is 5.19. The standard InChI is InChI=1S/C32H23Cl3N2O5/c1-2-39-30-26(34)13-20(14-27(30)35)32(38)41-23-11-12-24-28(15-23)42-31(37)25(16-36)29(24)19-5-9-22(10-6-19)40-17-18-3-7-21(33)8-4-18/h3-15,29H,2,17,37H2,1H3. The number of nitrogens with two attached hydrogens (primary N) is 1. The largest absolute Gasteiger partial charge is 0.491 e. The van der Waals surface area contributed by atoms with Gasteiger partial charge in [-0.2, -0.15) is 5.26 Å². The molecule has 42 heavy (non-hydrogen) atoms. The Hall–Kier alpha value is -4.35. The topological polar surface area (TPSA) is 104 Å². The normalized spacial score (nSPS) is 13.9. The van der Waals surface area contributed by atoms with E-state index in [1.807, 2.05) is 48.5 Å². The number of benzene rings is 4. The van der Waals surface area contributed by atoms with E-state index in [1.54, 1.807) is 25.1 Å². The van der Waals surface area contributed by atoms with Crippen LogP contribution in [0.15, 0.2) is 90.3 Å². The first-order valence-corrected chi connectivity index (χ1v) is 13.9. The van der Waals surface area contributed by atoms with Gasteiger partial charge in [-0.15, -0.1) is 0 Å². The number of rotatable bonds is 8. The average molecular weight is 622 g/mol. The number of allylic oxidation sites excluding steroid dienone is 1. The number of nitriles is 1. The van der Waals surface area contributed by atoms with E-state index in [1.165, 1.54) is 12.1 Å². The molecule has 0 saturated heterocycles. The van der Waals surface area contributed by atoms with Crippen LogP contribution in [0.3, 0.4) is 0 Å². The lowest BCUT2D eigenvalue weighted by molar-refractivity contribution is 0.0734. The molecule has 4 aromatic carbocycles. The zero-order valence-electron chi connectivity index (χ0n) is 22.2. The summed E-state index contributed by atoms with van der Waals surface area (Å²) in [6.07, 6.45) is 0. The second-order valence-corrected chi connectivity index (χ2v) is 10.5. The van der Waals surface area contributed by atoms with E-state index in [-0.39, 0.29) is 32.8 Å². The van der Waals surface area contributed by atoms with Gasteiger partial charge < -0.3 is 24.7 Å². The molecule has 0 spiro atoms. The van der Waals surface area contributed by atoms with Gasteiger partial charge >= 0.3 is 5.97 Å². The summed E-state index contributed by atoms with van der Waals surface area (Å²) < 4.78 is 22.6. The van der Waals surface area contributed by atoms with Gasteiger partial charge in [0.05, 0.1) is 28.1 Å². The number of nitrogens with zero attached hydrogens (tertiary/aromatic N) is 1. The predicted octanol–water partition coefficient (Wildman–Crippen LogP) is 8.06. The van der Waals surface area contributed by atoms with Crippen LogP contribution >= 0.6 is 34.8 Å². The van der Waals surface area contributed by atoms with Crippen LogP contribution in [-0.2, 0) is 6.61 Å². The van der Waals surface area contributed by atoms with E-state index in [9.17, 15) is 10.1 Å². The molecule has 7 nitrogen and oxygen atoms in total.